The summed E-state index contributed by atoms with van der Waals surface area (Å²) in [7, 11) is 0. The van der Waals surface area contributed by atoms with Gasteiger partial charge in [-0.2, -0.15) is 0 Å². The lowest BCUT2D eigenvalue weighted by molar-refractivity contribution is 0.477. The van der Waals surface area contributed by atoms with Crippen molar-refractivity contribution < 1.29 is 5.11 Å². The number of fused-ring (bicyclic) bond motifs is 1. The van der Waals surface area contributed by atoms with Crippen molar-refractivity contribution in [2.45, 2.75) is 6.54 Å². The number of phenols is 1. The van der Waals surface area contributed by atoms with E-state index in [0.29, 0.717) is 6.54 Å². The van der Waals surface area contributed by atoms with Gasteiger partial charge in [-0.3, -0.25) is 4.98 Å². The summed E-state index contributed by atoms with van der Waals surface area (Å²) >= 11 is 0. The number of rotatable bonds is 4. The first-order valence-electron chi connectivity index (χ1n) is 8.26. The average Bonchev–Trinajstić information content (AvgIpc) is 2.67. The van der Waals surface area contributed by atoms with Gasteiger partial charge in [-0.1, -0.05) is 54.6 Å². The van der Waals surface area contributed by atoms with E-state index in [2.05, 4.69) is 46.7 Å². The molecule has 4 aromatic rings. The van der Waals surface area contributed by atoms with Crippen molar-refractivity contribution >= 4 is 16.5 Å². The van der Waals surface area contributed by atoms with Crippen molar-refractivity contribution in [2.75, 3.05) is 5.32 Å². The minimum absolute atomic E-state index is 0.249. The molecule has 0 aliphatic heterocycles. The fraction of sp³-hybridized carbons (Fsp3) is 0.0455. The number of hydrogen-bond acceptors (Lipinski definition) is 3. The summed E-state index contributed by atoms with van der Waals surface area (Å²) in [6.45, 7) is 0.591. The molecule has 0 aliphatic carbocycles. The molecule has 0 fully saturated rings. The van der Waals surface area contributed by atoms with Gasteiger partial charge >= 0.3 is 0 Å². The van der Waals surface area contributed by atoms with Crippen molar-refractivity contribution in [1.29, 1.82) is 0 Å². The number of pyridine rings is 1. The number of phenolic OH excluding ortho intramolecular Hbond substituents is 1. The molecule has 3 nitrogen and oxygen atoms in total. The Bertz CT molecular complexity index is 1030. The molecule has 1 heterocycles. The molecule has 0 spiro atoms. The highest BCUT2D eigenvalue weighted by Crippen LogP contribution is 2.27. The number of aromatic hydroxyl groups is 1. The van der Waals surface area contributed by atoms with Gasteiger partial charge in [0.15, 0.2) is 0 Å². The highest BCUT2D eigenvalue weighted by Gasteiger charge is 2.08. The van der Waals surface area contributed by atoms with Crippen molar-refractivity contribution in [1.82, 2.24) is 4.98 Å². The zero-order chi connectivity index (χ0) is 17.1. The molecule has 0 bridgehead atoms. The number of para-hydroxylation sites is 2. The Morgan fingerprint density at radius 2 is 1.60 bits per heavy atom. The standard InChI is InChI=1S/C22H18N2O/c25-21-10-4-3-9-20(21)24-15-19-8-5-13-23-22(19)18-12-11-16-6-1-2-7-17(16)14-18/h1-14,24-25H,15H2. The predicted molar refractivity (Wildman–Crippen MR) is 103 cm³/mol. The minimum Gasteiger partial charge on any atom is -0.506 e. The largest absolute Gasteiger partial charge is 0.506 e. The van der Waals surface area contributed by atoms with Crippen molar-refractivity contribution in [2.24, 2.45) is 0 Å². The maximum absolute atomic E-state index is 9.92. The van der Waals surface area contributed by atoms with Crippen LogP contribution in [0.15, 0.2) is 85.1 Å². The summed E-state index contributed by atoms with van der Waals surface area (Å²) < 4.78 is 0. The number of nitrogens with one attached hydrogen (secondary N) is 1. The smallest absolute Gasteiger partial charge is 0.138 e. The lowest BCUT2D eigenvalue weighted by Gasteiger charge is -2.12. The van der Waals surface area contributed by atoms with E-state index in [9.17, 15) is 5.11 Å². The zero-order valence-corrected chi connectivity index (χ0v) is 13.7. The van der Waals surface area contributed by atoms with E-state index >= 15 is 0 Å². The monoisotopic (exact) mass is 326 g/mol. The van der Waals surface area contributed by atoms with E-state index in [-0.39, 0.29) is 5.75 Å². The summed E-state index contributed by atoms with van der Waals surface area (Å²) in [4.78, 5) is 4.59. The molecule has 0 amide bonds. The van der Waals surface area contributed by atoms with Gasteiger partial charge in [-0.05, 0) is 40.6 Å². The average molecular weight is 326 g/mol. The zero-order valence-electron chi connectivity index (χ0n) is 13.7. The maximum atomic E-state index is 9.92. The lowest BCUT2D eigenvalue weighted by atomic mass is 10.0. The quantitative estimate of drug-likeness (QED) is 0.505. The number of aromatic nitrogens is 1. The Balaban J connectivity index is 1.67. The third-order valence-corrected chi connectivity index (χ3v) is 4.29. The van der Waals surface area contributed by atoms with Gasteiger partial charge in [-0.25, -0.2) is 0 Å². The van der Waals surface area contributed by atoms with Crippen LogP contribution in [0.3, 0.4) is 0 Å². The summed E-state index contributed by atoms with van der Waals surface area (Å²) in [5.41, 5.74) is 3.85. The van der Waals surface area contributed by atoms with Crippen molar-refractivity contribution in [3.8, 4) is 17.0 Å². The predicted octanol–water partition coefficient (Wildman–Crippen LogP) is 5.22. The topological polar surface area (TPSA) is 45.1 Å². The highest BCUT2D eigenvalue weighted by molar-refractivity contribution is 5.87. The molecule has 2 N–H and O–H groups in total. The van der Waals surface area contributed by atoms with Gasteiger partial charge in [0.25, 0.3) is 0 Å². The summed E-state index contributed by atoms with van der Waals surface area (Å²) in [6.07, 6.45) is 1.81. The molecule has 0 atom stereocenters. The minimum atomic E-state index is 0.249. The Kier molecular flexibility index (Phi) is 4.05. The first-order valence-corrected chi connectivity index (χ1v) is 8.26. The molecule has 0 unspecified atom stereocenters. The Morgan fingerprint density at radius 3 is 2.48 bits per heavy atom. The number of hydrogen-bond donors (Lipinski definition) is 2. The molecular formula is C22H18N2O. The van der Waals surface area contributed by atoms with Gasteiger partial charge in [0, 0.05) is 18.3 Å². The van der Waals surface area contributed by atoms with Crippen LogP contribution in [-0.2, 0) is 6.54 Å². The molecule has 1 aromatic heterocycles. The van der Waals surface area contributed by atoms with Crippen LogP contribution in [0, 0.1) is 0 Å². The molecule has 122 valence electrons. The summed E-state index contributed by atoms with van der Waals surface area (Å²) in [5, 5.41) is 15.6. The second-order valence-electron chi connectivity index (χ2n) is 5.94. The van der Waals surface area contributed by atoms with Crippen LogP contribution in [0.25, 0.3) is 22.0 Å². The molecule has 0 saturated carbocycles. The van der Waals surface area contributed by atoms with Crippen LogP contribution < -0.4 is 5.32 Å². The molecule has 4 rings (SSSR count). The van der Waals surface area contributed by atoms with E-state index < -0.39 is 0 Å². The Labute approximate surface area is 146 Å². The number of benzene rings is 3. The molecular weight excluding hydrogens is 308 g/mol. The van der Waals surface area contributed by atoms with E-state index in [1.165, 1.54) is 10.8 Å². The Morgan fingerprint density at radius 1 is 0.800 bits per heavy atom. The second kappa shape index (κ2) is 6.65. The number of anilines is 1. The van der Waals surface area contributed by atoms with E-state index in [1.54, 1.807) is 6.07 Å². The fourth-order valence-electron chi connectivity index (χ4n) is 2.99. The van der Waals surface area contributed by atoms with Gasteiger partial charge in [-0.15, -0.1) is 0 Å². The SMILES string of the molecule is Oc1ccccc1NCc1cccnc1-c1ccc2ccccc2c1. The molecule has 25 heavy (non-hydrogen) atoms. The van der Waals surface area contributed by atoms with Gasteiger partial charge in [0.05, 0.1) is 11.4 Å². The molecule has 3 heteroatoms. The van der Waals surface area contributed by atoms with E-state index in [4.69, 9.17) is 0 Å². The van der Waals surface area contributed by atoms with Gasteiger partial charge < -0.3 is 10.4 Å². The molecule has 0 aliphatic rings. The van der Waals surface area contributed by atoms with Gasteiger partial charge in [0.1, 0.15) is 5.75 Å². The lowest BCUT2D eigenvalue weighted by Crippen LogP contribution is -2.02. The van der Waals surface area contributed by atoms with Crippen molar-refractivity contribution in [3.05, 3.63) is 90.6 Å². The van der Waals surface area contributed by atoms with Crippen LogP contribution in [0.4, 0.5) is 5.69 Å². The first kappa shape index (κ1) is 15.2. The maximum Gasteiger partial charge on any atom is 0.138 e. The van der Waals surface area contributed by atoms with Crippen LogP contribution in [0.5, 0.6) is 5.75 Å². The molecule has 0 radical (unpaired) electrons. The second-order valence-corrected chi connectivity index (χ2v) is 5.94. The Hall–Kier alpha value is -3.33. The van der Waals surface area contributed by atoms with Gasteiger partial charge in [0.2, 0.25) is 0 Å². The first-order chi connectivity index (χ1) is 12.3. The van der Waals surface area contributed by atoms with Crippen molar-refractivity contribution in [3.63, 3.8) is 0 Å². The van der Waals surface area contributed by atoms with Crippen LogP contribution in [0.2, 0.25) is 0 Å². The third-order valence-electron chi connectivity index (χ3n) is 4.29. The van der Waals surface area contributed by atoms with Crippen LogP contribution in [0.1, 0.15) is 5.56 Å². The van der Waals surface area contributed by atoms with E-state index in [0.717, 1.165) is 22.5 Å². The third kappa shape index (κ3) is 3.17. The normalized spacial score (nSPS) is 10.7. The summed E-state index contributed by atoms with van der Waals surface area (Å²) in [5.74, 6) is 0.249. The fourth-order valence-corrected chi connectivity index (χ4v) is 2.99. The van der Waals surface area contributed by atoms with Crippen LogP contribution >= 0.6 is 0 Å². The highest BCUT2D eigenvalue weighted by atomic mass is 16.3. The van der Waals surface area contributed by atoms with E-state index in [1.807, 2.05) is 42.6 Å². The summed E-state index contributed by atoms with van der Waals surface area (Å²) in [6, 6.07) is 26.0. The number of nitrogens with zero attached hydrogens (tertiary/aromatic N) is 1. The van der Waals surface area contributed by atoms with Crippen LogP contribution in [-0.4, -0.2) is 10.1 Å². The molecule has 0 saturated heterocycles. The molecule has 3 aromatic carbocycles.